The van der Waals surface area contributed by atoms with Crippen LogP contribution in [0.2, 0.25) is 0 Å². The van der Waals surface area contributed by atoms with Crippen LogP contribution >= 0.6 is 8.04 Å². The summed E-state index contributed by atoms with van der Waals surface area (Å²) >= 11 is 0. The molecule has 0 spiro atoms. The Morgan fingerprint density at radius 3 is 2.92 bits per heavy atom. The van der Waals surface area contributed by atoms with Crippen LogP contribution in [0.4, 0.5) is 4.79 Å². The monoisotopic (exact) mass is 202 g/mol. The molecule has 6 heteroatoms. The Bertz CT molecular complexity index is 285. The second-order valence-corrected chi connectivity index (χ2v) is 3.50. The van der Waals surface area contributed by atoms with E-state index >= 15 is 0 Å². The Hall–Kier alpha value is -1.05. The third-order valence-corrected chi connectivity index (χ3v) is 2.72. The predicted molar refractivity (Wildman–Crippen MR) is 45.9 cm³/mol. The van der Waals surface area contributed by atoms with E-state index in [0.29, 0.717) is 8.04 Å². The number of cyclic esters (lactones) is 1. The molecule has 13 heavy (non-hydrogen) atoms. The predicted octanol–water partition coefficient (Wildman–Crippen LogP) is 0.773. The van der Waals surface area contributed by atoms with Gasteiger partial charge in [-0.25, -0.2) is 0 Å². The molecule has 0 saturated carbocycles. The number of carbonyl (C=O) groups excluding carboxylic acids is 1. The van der Waals surface area contributed by atoms with Gasteiger partial charge in [0, 0.05) is 0 Å². The minimum atomic E-state index is -1.07. The van der Waals surface area contributed by atoms with E-state index in [1.165, 1.54) is 0 Å². The normalized spacial score (nSPS) is 27.1. The molecule has 0 radical (unpaired) electrons. The van der Waals surface area contributed by atoms with E-state index < -0.39 is 12.1 Å². The van der Waals surface area contributed by atoms with Crippen LogP contribution in [-0.2, 0) is 9.53 Å². The number of hydrogen-bond donors (Lipinski definition) is 1. The first kappa shape index (κ1) is 10.0. The maximum atomic E-state index is 11.1. The number of carbonyl (C=O) groups is 2. The molecule has 0 aromatic rings. The van der Waals surface area contributed by atoms with Crippen molar-refractivity contribution in [2.75, 3.05) is 6.54 Å². The van der Waals surface area contributed by atoms with Crippen molar-refractivity contribution in [3.05, 3.63) is 0 Å². The first-order chi connectivity index (χ1) is 6.06. The third kappa shape index (κ3) is 2.00. The van der Waals surface area contributed by atoms with Crippen LogP contribution in [0.1, 0.15) is 6.92 Å². The zero-order valence-corrected chi connectivity index (χ0v) is 7.90. The standard InChI is InChI=1S/C7H8NO4P/c1-4-6(13-2)8(3-5(9)10)7(11)12-4/h2,4,6H,3H2,1H3/p+1. The van der Waals surface area contributed by atoms with Gasteiger partial charge in [0.2, 0.25) is 0 Å². The van der Waals surface area contributed by atoms with Crippen LogP contribution in [0.25, 0.3) is 0 Å². The van der Waals surface area contributed by atoms with E-state index in [1.54, 1.807) is 6.92 Å². The fourth-order valence-corrected chi connectivity index (χ4v) is 1.79. The van der Waals surface area contributed by atoms with Crippen LogP contribution in [0.5, 0.6) is 0 Å². The summed E-state index contributed by atoms with van der Waals surface area (Å²) in [7, 11) is 0.443. The van der Waals surface area contributed by atoms with Gasteiger partial charge < -0.3 is 0 Å². The third-order valence-electron chi connectivity index (χ3n) is 1.72. The average molecular weight is 202 g/mol. The first-order valence-electron chi connectivity index (χ1n) is 3.65. The summed E-state index contributed by atoms with van der Waals surface area (Å²) < 4.78 is 4.81. The van der Waals surface area contributed by atoms with Gasteiger partial charge in [0.05, 0.1) is 0 Å². The number of amides is 1. The van der Waals surface area contributed by atoms with Crippen molar-refractivity contribution in [2.24, 2.45) is 0 Å². The van der Waals surface area contributed by atoms with Crippen molar-refractivity contribution in [3.63, 3.8) is 0 Å². The van der Waals surface area contributed by atoms with Gasteiger partial charge in [0.1, 0.15) is 0 Å². The summed E-state index contributed by atoms with van der Waals surface area (Å²) in [6, 6.07) is 0. The molecule has 1 N–H and O–H groups in total. The van der Waals surface area contributed by atoms with Crippen molar-refractivity contribution >= 4 is 20.1 Å². The second-order valence-electron chi connectivity index (χ2n) is 2.67. The Morgan fingerprint density at radius 1 is 1.85 bits per heavy atom. The summed E-state index contributed by atoms with van der Waals surface area (Å²) in [4.78, 5) is 22.6. The number of carboxylic acid groups (broad SMARTS) is 1. The van der Waals surface area contributed by atoms with E-state index in [9.17, 15) is 9.59 Å². The van der Waals surface area contributed by atoms with Crippen LogP contribution in [0.15, 0.2) is 0 Å². The Balaban J connectivity index is 2.76. The quantitative estimate of drug-likeness (QED) is 0.671. The van der Waals surface area contributed by atoms with Gasteiger partial charge >= 0.3 is 75.9 Å². The fourth-order valence-electron chi connectivity index (χ4n) is 1.15. The van der Waals surface area contributed by atoms with E-state index in [-0.39, 0.29) is 18.4 Å². The number of rotatable bonds is 2. The number of ether oxygens (including phenoxy) is 1. The summed E-state index contributed by atoms with van der Waals surface area (Å²) in [5.41, 5.74) is 0. The zero-order valence-electron chi connectivity index (χ0n) is 7.01. The van der Waals surface area contributed by atoms with Crippen LogP contribution in [0.3, 0.4) is 0 Å². The molecule has 1 saturated heterocycles. The molecule has 2 atom stereocenters. The molecular weight excluding hydrogens is 193 g/mol. The first-order valence-corrected chi connectivity index (χ1v) is 4.68. The molecule has 1 fully saturated rings. The van der Waals surface area contributed by atoms with Gasteiger partial charge in [0.15, 0.2) is 0 Å². The van der Waals surface area contributed by atoms with E-state index in [2.05, 4.69) is 0 Å². The Kier molecular flexibility index (Phi) is 2.91. The second kappa shape index (κ2) is 3.77. The fraction of sp³-hybridized carbons (Fsp3) is 0.571. The van der Waals surface area contributed by atoms with Crippen molar-refractivity contribution in [1.29, 1.82) is 0 Å². The van der Waals surface area contributed by atoms with Crippen LogP contribution in [0, 0.1) is 6.13 Å². The van der Waals surface area contributed by atoms with Gasteiger partial charge in [-0.15, -0.1) is 0 Å². The summed E-state index contributed by atoms with van der Waals surface area (Å²) in [6.45, 7) is 1.32. The molecule has 0 bridgehead atoms. The maximum absolute atomic E-state index is 11.1. The van der Waals surface area contributed by atoms with Crippen LogP contribution in [-0.4, -0.2) is 40.5 Å². The SMILES string of the molecule is C#[P+]C1C(C)OC(=O)N1CC(=O)O. The molecule has 2 unspecified atom stereocenters. The van der Waals surface area contributed by atoms with Crippen molar-refractivity contribution < 1.29 is 19.4 Å². The van der Waals surface area contributed by atoms with Crippen molar-refractivity contribution in [3.8, 4) is 6.13 Å². The minimum absolute atomic E-state index is 0.349. The summed E-state index contributed by atoms with van der Waals surface area (Å²) in [5, 5.41) is 8.50. The average Bonchev–Trinajstić information content (AvgIpc) is 2.26. The van der Waals surface area contributed by atoms with Crippen molar-refractivity contribution in [1.82, 2.24) is 4.90 Å². The molecule has 0 aromatic heterocycles. The van der Waals surface area contributed by atoms with Gasteiger partial charge in [0.25, 0.3) is 0 Å². The van der Waals surface area contributed by atoms with Gasteiger partial charge in [-0.2, -0.15) is 0 Å². The number of aliphatic carboxylic acids is 1. The number of nitrogens with zero attached hydrogens (tertiary/aromatic N) is 1. The topological polar surface area (TPSA) is 66.8 Å². The van der Waals surface area contributed by atoms with Gasteiger partial charge in [-0.3, -0.25) is 0 Å². The number of carboxylic acids is 1. The summed E-state index contributed by atoms with van der Waals surface area (Å²) in [5.74, 6) is -1.43. The molecule has 1 heterocycles. The summed E-state index contributed by atoms with van der Waals surface area (Å²) in [6.07, 6.45) is 4.40. The molecule has 1 amide bonds. The molecule has 1 rings (SSSR count). The Labute approximate surface area is 76.7 Å². The molecule has 0 aromatic carbocycles. The zero-order chi connectivity index (χ0) is 10.0. The molecule has 70 valence electrons. The molecule has 5 nitrogen and oxygen atoms in total. The molecule has 1 aliphatic heterocycles. The van der Waals surface area contributed by atoms with E-state index in [1.807, 2.05) is 0 Å². The molecule has 0 aliphatic carbocycles. The molecule has 1 aliphatic rings. The number of hydrogen-bond acceptors (Lipinski definition) is 3. The molecular formula is C7H9NO4P+. The van der Waals surface area contributed by atoms with E-state index in [4.69, 9.17) is 16.0 Å². The van der Waals surface area contributed by atoms with Crippen LogP contribution < -0.4 is 0 Å². The Morgan fingerprint density at radius 2 is 2.46 bits per heavy atom. The van der Waals surface area contributed by atoms with Gasteiger partial charge in [-0.05, 0) is 0 Å². The van der Waals surface area contributed by atoms with E-state index in [0.717, 1.165) is 4.90 Å². The van der Waals surface area contributed by atoms with Crippen molar-refractivity contribution in [2.45, 2.75) is 18.8 Å². The van der Waals surface area contributed by atoms with Gasteiger partial charge in [-0.1, -0.05) is 0 Å².